The van der Waals surface area contributed by atoms with Crippen LogP contribution in [0, 0.1) is 5.16 Å². The molecule has 0 bridgehead atoms. The summed E-state index contributed by atoms with van der Waals surface area (Å²) >= 11 is 0. The Hall–Kier alpha value is -6.86. The zero-order valence-corrected chi connectivity index (χ0v) is 31.6. The first-order valence-electron chi connectivity index (χ1n) is 18.1. The summed E-state index contributed by atoms with van der Waals surface area (Å²) in [6.45, 7) is 0. The number of aromatic nitrogens is 4. The van der Waals surface area contributed by atoms with Gasteiger partial charge < -0.3 is 0 Å². The van der Waals surface area contributed by atoms with Gasteiger partial charge in [0.25, 0.3) is 0 Å². The van der Waals surface area contributed by atoms with Crippen LogP contribution in [0.15, 0.2) is 195 Å². The Kier molecular flexibility index (Phi) is 8.10. The highest BCUT2D eigenvalue weighted by Gasteiger charge is 2.51. The summed E-state index contributed by atoms with van der Waals surface area (Å²) < 4.78 is 23.8. The van der Waals surface area contributed by atoms with Gasteiger partial charge in [-0.2, -0.15) is 0 Å². The highest BCUT2D eigenvalue weighted by atomic mass is 31.2. The van der Waals surface area contributed by atoms with E-state index in [1.165, 1.54) is 0 Å². The van der Waals surface area contributed by atoms with Crippen molar-refractivity contribution in [2.24, 2.45) is 0 Å². The van der Waals surface area contributed by atoms with Crippen LogP contribution in [-0.2, 0) is 4.57 Å². The standard InChI is InChI=1S/C44H33N9OP2/c45-55(50(35-17-5-1-6-18-35)39-25-13-14-26-40(39)51(55)36-19-7-2-8-20-36)43-46-29-33(30-47-43)34-31-48-44(49-32-34)56(54)52(37-21-9-3-10-22-37)41-27-15-16-28-42(41)53(56)38-23-11-4-12-24-38/h1-32,45H. The Labute approximate surface area is 324 Å². The monoisotopic (exact) mass is 765 g/mol. The van der Waals surface area contributed by atoms with Gasteiger partial charge in [0, 0.05) is 58.7 Å². The molecule has 0 amide bonds. The molecule has 6 aromatic carbocycles. The zero-order valence-electron chi connectivity index (χ0n) is 29.9. The third kappa shape index (κ3) is 5.18. The van der Waals surface area contributed by atoms with Crippen molar-refractivity contribution in [3.8, 4) is 11.1 Å². The van der Waals surface area contributed by atoms with Gasteiger partial charge in [0.15, 0.2) is 0 Å². The molecule has 0 unspecified atom stereocenters. The Balaban J connectivity index is 1.06. The fourth-order valence-corrected chi connectivity index (χ4v) is 13.2. The van der Waals surface area contributed by atoms with E-state index in [0.29, 0.717) is 16.7 Å². The summed E-state index contributed by atoms with van der Waals surface area (Å²) in [4.78, 5) is 19.5. The molecule has 0 radical (unpaired) electrons. The quantitative estimate of drug-likeness (QED) is 0.159. The van der Waals surface area contributed by atoms with Crippen molar-refractivity contribution in [2.75, 3.05) is 18.7 Å². The van der Waals surface area contributed by atoms with Crippen molar-refractivity contribution < 1.29 is 4.57 Å². The summed E-state index contributed by atoms with van der Waals surface area (Å²) in [5.41, 5.74) is 8.68. The SMILES string of the molecule is N=P1(c2ncc(-c3cnc(P4(=O)N(c5ccccc5)c5ccccc5N4c4ccccc4)nc3)cn2)N(c2ccccc2)c2ccccc2N1c1ccccc1. The minimum absolute atomic E-state index is 0.194. The normalized spacial score (nSPS) is 15.1. The van der Waals surface area contributed by atoms with Gasteiger partial charge >= 0.3 is 7.44 Å². The number of hydrogen-bond acceptors (Lipinski definition) is 6. The molecule has 10 nitrogen and oxygen atoms in total. The second-order valence-electron chi connectivity index (χ2n) is 13.3. The fraction of sp³-hybridized carbons (Fsp3) is 0. The third-order valence-electron chi connectivity index (χ3n) is 9.95. The fourth-order valence-electron chi connectivity index (χ4n) is 7.52. The van der Waals surface area contributed by atoms with Gasteiger partial charge in [-0.25, -0.2) is 19.9 Å². The molecule has 12 heteroatoms. The average Bonchev–Trinajstić information content (AvgIpc) is 3.70. The number of benzene rings is 6. The molecule has 0 spiro atoms. The summed E-state index contributed by atoms with van der Waals surface area (Å²) in [6.07, 6.45) is 6.82. The molecule has 2 aromatic heterocycles. The van der Waals surface area contributed by atoms with Crippen LogP contribution < -0.4 is 29.8 Å². The third-order valence-corrected chi connectivity index (χ3v) is 15.5. The highest BCUT2D eigenvalue weighted by molar-refractivity contribution is 7.76. The van der Waals surface area contributed by atoms with E-state index in [4.69, 9.17) is 19.9 Å². The topological polar surface area (TPSA) is 105 Å². The largest absolute Gasteiger partial charge is 0.338 e. The van der Waals surface area contributed by atoms with Gasteiger partial charge in [-0.3, -0.25) is 28.4 Å². The molecule has 0 saturated heterocycles. The van der Waals surface area contributed by atoms with Crippen LogP contribution in [0.3, 0.4) is 0 Å². The lowest BCUT2D eigenvalue weighted by Crippen LogP contribution is -2.30. The maximum absolute atomic E-state index is 15.9. The van der Waals surface area contributed by atoms with Crippen LogP contribution in [0.5, 0.6) is 0 Å². The van der Waals surface area contributed by atoms with E-state index in [2.05, 4.69) is 9.34 Å². The maximum Gasteiger partial charge on any atom is 0.338 e. The molecule has 4 heterocycles. The summed E-state index contributed by atoms with van der Waals surface area (Å²) in [5.74, 6) is 0. The van der Waals surface area contributed by atoms with Crippen LogP contribution in [0.1, 0.15) is 0 Å². The van der Waals surface area contributed by atoms with E-state index >= 15 is 4.57 Å². The van der Waals surface area contributed by atoms with Crippen LogP contribution >= 0.6 is 14.8 Å². The van der Waals surface area contributed by atoms with Gasteiger partial charge in [0.05, 0.1) is 22.7 Å². The minimum atomic E-state index is -3.73. The Morgan fingerprint density at radius 2 is 0.625 bits per heavy atom. The number of hydrogen-bond donors (Lipinski definition) is 1. The van der Waals surface area contributed by atoms with Crippen molar-refractivity contribution in [3.63, 3.8) is 0 Å². The Morgan fingerprint density at radius 1 is 0.357 bits per heavy atom. The van der Waals surface area contributed by atoms with Gasteiger partial charge in [-0.1, -0.05) is 97.1 Å². The van der Waals surface area contributed by atoms with Crippen LogP contribution in [0.25, 0.3) is 11.1 Å². The zero-order chi connectivity index (χ0) is 37.7. The summed E-state index contributed by atoms with van der Waals surface area (Å²) in [5, 5.41) is 10.4. The van der Waals surface area contributed by atoms with Gasteiger partial charge in [0.2, 0.25) is 18.5 Å². The van der Waals surface area contributed by atoms with Crippen molar-refractivity contribution in [1.82, 2.24) is 19.9 Å². The number of rotatable bonds is 7. The van der Waals surface area contributed by atoms with E-state index in [0.717, 1.165) is 45.5 Å². The number of nitrogens with zero attached hydrogens (tertiary/aromatic N) is 8. The molecule has 2 aliphatic rings. The molecule has 1 N–H and O–H groups in total. The van der Waals surface area contributed by atoms with Crippen molar-refractivity contribution in [2.45, 2.75) is 0 Å². The molecular formula is C44H33N9OP2. The van der Waals surface area contributed by atoms with E-state index in [1.807, 2.05) is 179 Å². The Bertz CT molecular complexity index is 2440. The second-order valence-corrected chi connectivity index (χ2v) is 17.9. The van der Waals surface area contributed by atoms with Crippen LogP contribution in [0.4, 0.5) is 45.5 Å². The molecular weight excluding hydrogens is 732 g/mol. The van der Waals surface area contributed by atoms with E-state index < -0.39 is 14.8 Å². The van der Waals surface area contributed by atoms with Gasteiger partial charge in [0.1, 0.15) is 0 Å². The number of anilines is 8. The summed E-state index contributed by atoms with van der Waals surface area (Å²) in [6, 6.07) is 55.4. The van der Waals surface area contributed by atoms with E-state index in [1.54, 1.807) is 24.8 Å². The van der Waals surface area contributed by atoms with Crippen molar-refractivity contribution in [1.29, 1.82) is 5.16 Å². The first kappa shape index (κ1) is 33.7. The number of fused-ring (bicyclic) bond motifs is 2. The molecule has 0 atom stereocenters. The molecule has 0 fully saturated rings. The molecule has 8 aromatic rings. The van der Waals surface area contributed by atoms with Crippen LogP contribution in [0.2, 0.25) is 0 Å². The highest BCUT2D eigenvalue weighted by Crippen LogP contribution is 2.71. The first-order chi connectivity index (χ1) is 27.6. The smallest absolute Gasteiger partial charge is 0.283 e. The first-order valence-corrected chi connectivity index (χ1v) is 21.4. The average molecular weight is 766 g/mol. The number of para-hydroxylation sites is 8. The van der Waals surface area contributed by atoms with E-state index in [9.17, 15) is 5.16 Å². The van der Waals surface area contributed by atoms with Crippen molar-refractivity contribution >= 4 is 71.4 Å². The minimum Gasteiger partial charge on any atom is -0.283 e. The predicted octanol–water partition coefficient (Wildman–Crippen LogP) is 11.0. The van der Waals surface area contributed by atoms with Gasteiger partial charge in [-0.15, -0.1) is 0 Å². The van der Waals surface area contributed by atoms with Crippen molar-refractivity contribution in [3.05, 3.63) is 195 Å². The van der Waals surface area contributed by atoms with Gasteiger partial charge in [-0.05, 0) is 72.8 Å². The van der Waals surface area contributed by atoms with Crippen LogP contribution in [-0.4, -0.2) is 19.9 Å². The number of nitrogens with one attached hydrogen (secondary N) is 1. The lowest BCUT2D eigenvalue weighted by molar-refractivity contribution is 0.581. The maximum atomic E-state index is 15.9. The molecule has 2 aliphatic heterocycles. The molecule has 270 valence electrons. The lowest BCUT2D eigenvalue weighted by atomic mass is 10.2. The summed E-state index contributed by atoms with van der Waals surface area (Å²) in [7, 11) is -6.98. The molecule has 56 heavy (non-hydrogen) atoms. The van der Waals surface area contributed by atoms with E-state index in [-0.39, 0.29) is 5.57 Å². The molecule has 0 saturated carbocycles. The second kappa shape index (κ2) is 13.5. The Morgan fingerprint density at radius 3 is 0.964 bits per heavy atom. The molecule has 10 rings (SSSR count). The predicted molar refractivity (Wildman–Crippen MR) is 227 cm³/mol. The lowest BCUT2D eigenvalue weighted by Gasteiger charge is -2.35. The molecule has 0 aliphatic carbocycles.